The number of nitrogens with one attached hydrogen (secondary N) is 1. The van der Waals surface area contributed by atoms with E-state index in [1.54, 1.807) is 6.07 Å². The third-order valence-electron chi connectivity index (χ3n) is 1.81. The highest BCUT2D eigenvalue weighted by Gasteiger charge is 2.10. The Morgan fingerprint density at radius 2 is 2.13 bits per heavy atom. The largest absolute Gasteiger partial charge is 0.300 e. The lowest BCUT2D eigenvalue weighted by atomic mass is 10.3. The lowest BCUT2D eigenvalue weighted by Gasteiger charge is -1.95. The van der Waals surface area contributed by atoms with Crippen LogP contribution in [-0.4, -0.2) is 13.4 Å². The zero-order valence-corrected chi connectivity index (χ0v) is 9.10. The molecular formula is C7H8N4O2S2. The van der Waals surface area contributed by atoms with Crippen LogP contribution in [0.5, 0.6) is 0 Å². The van der Waals surface area contributed by atoms with Gasteiger partial charge in [0.1, 0.15) is 0 Å². The molecule has 80 valence electrons. The molecule has 0 fully saturated rings. The molecule has 2 aromatic rings. The van der Waals surface area contributed by atoms with E-state index in [0.29, 0.717) is 10.6 Å². The van der Waals surface area contributed by atoms with Gasteiger partial charge in [-0.05, 0) is 18.2 Å². The molecule has 8 heteroatoms. The lowest BCUT2D eigenvalue weighted by Crippen LogP contribution is -2.11. The Balaban J connectivity index is 2.66. The Hall–Kier alpha value is -1.22. The second kappa shape index (κ2) is 3.42. The average molecular weight is 244 g/mol. The average Bonchev–Trinajstić information content (AvgIpc) is 2.57. The van der Waals surface area contributed by atoms with Crippen LogP contribution in [0, 0.1) is 0 Å². The highest BCUT2D eigenvalue weighted by atomic mass is 32.2. The summed E-state index contributed by atoms with van der Waals surface area (Å²) in [6, 6.07) is 4.48. The van der Waals surface area contributed by atoms with Gasteiger partial charge in [0.05, 0.1) is 15.1 Å². The highest BCUT2D eigenvalue weighted by Crippen LogP contribution is 2.26. The standard InChI is InChI=1S/C7H8N4O2S2/c8-11-7-10-5-2-1-4(15(9,12)13)3-6(5)14-7/h1-3H,8H2,(H,10,11)(H2,9,12,13). The van der Waals surface area contributed by atoms with E-state index in [-0.39, 0.29) is 4.90 Å². The summed E-state index contributed by atoms with van der Waals surface area (Å²) in [4.78, 5) is 4.17. The number of primary sulfonamides is 1. The number of rotatable bonds is 2. The Kier molecular flexibility index (Phi) is 2.35. The first-order chi connectivity index (χ1) is 7.00. The smallest absolute Gasteiger partial charge is 0.238 e. The number of thiazole rings is 1. The predicted octanol–water partition coefficient (Wildman–Crippen LogP) is 0.229. The summed E-state index contributed by atoms with van der Waals surface area (Å²) >= 11 is 1.26. The van der Waals surface area contributed by atoms with Gasteiger partial charge in [0.25, 0.3) is 0 Å². The van der Waals surface area contributed by atoms with Gasteiger partial charge < -0.3 is 0 Å². The summed E-state index contributed by atoms with van der Waals surface area (Å²) in [5.41, 5.74) is 3.08. The Bertz CT molecular complexity index is 604. The first-order valence-corrected chi connectivity index (χ1v) is 6.27. The Labute approximate surface area is 89.9 Å². The SMILES string of the molecule is NNc1nc2ccc(S(N)(=O)=O)cc2s1. The van der Waals surface area contributed by atoms with Gasteiger partial charge in [0, 0.05) is 0 Å². The van der Waals surface area contributed by atoms with Gasteiger partial charge in [-0.3, -0.25) is 5.43 Å². The van der Waals surface area contributed by atoms with Gasteiger partial charge in [-0.15, -0.1) is 0 Å². The molecule has 0 aliphatic carbocycles. The van der Waals surface area contributed by atoms with Crippen LogP contribution in [0.25, 0.3) is 10.2 Å². The van der Waals surface area contributed by atoms with Crippen LogP contribution in [0.15, 0.2) is 23.1 Å². The summed E-state index contributed by atoms with van der Waals surface area (Å²) in [6.07, 6.45) is 0. The molecule has 0 atom stereocenters. The maximum Gasteiger partial charge on any atom is 0.238 e. The fourth-order valence-electron chi connectivity index (χ4n) is 1.14. The van der Waals surface area contributed by atoms with E-state index in [1.807, 2.05) is 0 Å². The normalized spacial score (nSPS) is 11.9. The summed E-state index contributed by atoms with van der Waals surface area (Å²) in [6.45, 7) is 0. The molecule has 6 nitrogen and oxygen atoms in total. The molecule has 0 saturated heterocycles. The number of nitrogen functional groups attached to an aromatic ring is 1. The minimum Gasteiger partial charge on any atom is -0.300 e. The molecule has 1 aromatic heterocycles. The summed E-state index contributed by atoms with van der Waals surface area (Å²) in [5.74, 6) is 5.19. The van der Waals surface area contributed by atoms with E-state index >= 15 is 0 Å². The van der Waals surface area contributed by atoms with E-state index in [9.17, 15) is 8.42 Å². The van der Waals surface area contributed by atoms with Crippen molar-refractivity contribution < 1.29 is 8.42 Å². The second-order valence-corrected chi connectivity index (χ2v) is 5.43. The number of aromatic nitrogens is 1. The number of hydrogen-bond donors (Lipinski definition) is 3. The number of sulfonamides is 1. The first kappa shape index (κ1) is 10.3. The van der Waals surface area contributed by atoms with E-state index in [1.165, 1.54) is 23.5 Å². The minimum atomic E-state index is -3.66. The van der Waals surface area contributed by atoms with Gasteiger partial charge >= 0.3 is 0 Å². The molecular weight excluding hydrogens is 236 g/mol. The zero-order chi connectivity index (χ0) is 11.1. The zero-order valence-electron chi connectivity index (χ0n) is 7.47. The van der Waals surface area contributed by atoms with Crippen molar-refractivity contribution in [3.8, 4) is 0 Å². The topological polar surface area (TPSA) is 111 Å². The monoisotopic (exact) mass is 244 g/mol. The molecule has 0 aliphatic heterocycles. The maximum absolute atomic E-state index is 11.1. The van der Waals surface area contributed by atoms with Crippen LogP contribution in [0.3, 0.4) is 0 Å². The van der Waals surface area contributed by atoms with Gasteiger partial charge in [0.2, 0.25) is 10.0 Å². The summed E-state index contributed by atoms with van der Waals surface area (Å²) in [5, 5.41) is 5.53. The molecule has 0 unspecified atom stereocenters. The van der Waals surface area contributed by atoms with Crippen LogP contribution < -0.4 is 16.4 Å². The summed E-state index contributed by atoms with van der Waals surface area (Å²) in [7, 11) is -3.66. The van der Waals surface area contributed by atoms with Crippen molar-refractivity contribution in [2.75, 3.05) is 5.43 Å². The first-order valence-electron chi connectivity index (χ1n) is 3.91. The van der Waals surface area contributed by atoms with Crippen molar-refractivity contribution in [1.29, 1.82) is 0 Å². The number of fused-ring (bicyclic) bond motifs is 1. The quantitative estimate of drug-likeness (QED) is 0.517. The number of nitrogens with two attached hydrogens (primary N) is 2. The minimum absolute atomic E-state index is 0.0715. The molecule has 0 aliphatic rings. The van der Waals surface area contributed by atoms with E-state index in [0.717, 1.165) is 4.70 Å². The Morgan fingerprint density at radius 3 is 2.73 bits per heavy atom. The predicted molar refractivity (Wildman–Crippen MR) is 58.8 cm³/mol. The molecule has 5 N–H and O–H groups in total. The maximum atomic E-state index is 11.1. The van der Waals surface area contributed by atoms with Crippen LogP contribution in [0.1, 0.15) is 0 Å². The molecule has 0 saturated carbocycles. The van der Waals surface area contributed by atoms with E-state index in [2.05, 4.69) is 10.4 Å². The Morgan fingerprint density at radius 1 is 1.40 bits per heavy atom. The fourth-order valence-corrected chi connectivity index (χ4v) is 2.57. The molecule has 1 heterocycles. The van der Waals surface area contributed by atoms with Crippen molar-refractivity contribution in [1.82, 2.24) is 4.98 Å². The van der Waals surface area contributed by atoms with Gasteiger partial charge in [-0.25, -0.2) is 24.4 Å². The third kappa shape index (κ3) is 1.92. The molecule has 0 radical (unpaired) electrons. The molecule has 15 heavy (non-hydrogen) atoms. The highest BCUT2D eigenvalue weighted by molar-refractivity contribution is 7.89. The van der Waals surface area contributed by atoms with Crippen molar-refractivity contribution >= 4 is 36.7 Å². The van der Waals surface area contributed by atoms with E-state index in [4.69, 9.17) is 11.0 Å². The van der Waals surface area contributed by atoms with E-state index < -0.39 is 10.0 Å². The van der Waals surface area contributed by atoms with Crippen molar-refractivity contribution in [2.45, 2.75) is 4.90 Å². The molecule has 0 bridgehead atoms. The number of hydrazine groups is 1. The fraction of sp³-hybridized carbons (Fsp3) is 0. The van der Waals surface area contributed by atoms with Crippen LogP contribution in [0.2, 0.25) is 0 Å². The van der Waals surface area contributed by atoms with Crippen molar-refractivity contribution in [3.63, 3.8) is 0 Å². The van der Waals surface area contributed by atoms with Crippen LogP contribution in [-0.2, 0) is 10.0 Å². The number of hydrogen-bond acceptors (Lipinski definition) is 6. The summed E-state index contributed by atoms with van der Waals surface area (Å²) < 4.78 is 22.9. The number of anilines is 1. The van der Waals surface area contributed by atoms with Crippen LogP contribution >= 0.6 is 11.3 Å². The van der Waals surface area contributed by atoms with Gasteiger partial charge in [0.15, 0.2) is 5.13 Å². The second-order valence-electron chi connectivity index (χ2n) is 2.84. The third-order valence-corrected chi connectivity index (χ3v) is 3.67. The molecule has 2 rings (SSSR count). The van der Waals surface area contributed by atoms with Crippen molar-refractivity contribution in [2.24, 2.45) is 11.0 Å². The number of nitrogens with zero attached hydrogens (tertiary/aromatic N) is 1. The molecule has 0 amide bonds. The van der Waals surface area contributed by atoms with Gasteiger partial charge in [-0.2, -0.15) is 0 Å². The van der Waals surface area contributed by atoms with Gasteiger partial charge in [-0.1, -0.05) is 11.3 Å². The van der Waals surface area contributed by atoms with Crippen LogP contribution in [0.4, 0.5) is 5.13 Å². The molecule has 1 aromatic carbocycles. The molecule has 0 spiro atoms. The number of benzene rings is 1. The van der Waals surface area contributed by atoms with Crippen molar-refractivity contribution in [3.05, 3.63) is 18.2 Å². The lowest BCUT2D eigenvalue weighted by molar-refractivity contribution is 0.598.